The molecule has 0 aromatic heterocycles. The zero-order valence-electron chi connectivity index (χ0n) is 22.8. The average molecular weight is 575 g/mol. The molecule has 2 amide bonds. The van der Waals surface area contributed by atoms with Crippen LogP contribution in [0.3, 0.4) is 0 Å². The maximum atomic E-state index is 13.8. The van der Waals surface area contributed by atoms with E-state index in [-0.39, 0.29) is 17.4 Å². The first-order valence-electron chi connectivity index (χ1n) is 14.2. The summed E-state index contributed by atoms with van der Waals surface area (Å²) in [6, 6.07) is 19.3. The van der Waals surface area contributed by atoms with Crippen LogP contribution in [0.15, 0.2) is 77.7 Å². The van der Waals surface area contributed by atoms with Gasteiger partial charge in [-0.1, -0.05) is 48.9 Å². The van der Waals surface area contributed by atoms with Crippen molar-refractivity contribution in [3.63, 3.8) is 0 Å². The van der Waals surface area contributed by atoms with Crippen molar-refractivity contribution in [3.05, 3.63) is 83.9 Å². The summed E-state index contributed by atoms with van der Waals surface area (Å²) in [5, 5.41) is 5.83. The van der Waals surface area contributed by atoms with Crippen molar-refractivity contribution in [1.29, 1.82) is 0 Å². The molecule has 1 fully saturated rings. The first-order chi connectivity index (χ1) is 19.9. The van der Waals surface area contributed by atoms with Crippen LogP contribution in [-0.2, 0) is 26.2 Å². The third kappa shape index (κ3) is 5.67. The molecular formula is C31H34N4O5S. The molecule has 3 aromatic carbocycles. The summed E-state index contributed by atoms with van der Waals surface area (Å²) in [6.07, 6.45) is 3.99. The summed E-state index contributed by atoms with van der Waals surface area (Å²) in [5.74, 6) is -0.199. The van der Waals surface area contributed by atoms with Crippen LogP contribution in [0.1, 0.15) is 49.3 Å². The SMILES string of the molecule is O=C(C[C@@H]1C(=O)Nc2ccccc2N1S(=O)(=O)c1ccccc1)N[C@@H]1CCOc2cc(CN3CCCCC3)ccc21. The standard InChI is InChI=1S/C31H34N4O5S/c36-30(32-25-15-18-40-29-19-22(13-14-24(25)29)21-34-16-7-2-8-17-34)20-28-31(37)33-26-11-5-6-12-27(26)35(28)41(38,39)23-9-3-1-4-10-23/h1,3-6,9-14,19,25,28H,2,7-8,15-18,20-21H2,(H,32,36)(H,33,37)/t25-,28-/m1/s1. The Kier molecular flexibility index (Phi) is 7.68. The molecule has 0 radical (unpaired) electrons. The van der Waals surface area contributed by atoms with Crippen LogP contribution in [0.4, 0.5) is 11.4 Å². The quantitative estimate of drug-likeness (QED) is 0.438. The monoisotopic (exact) mass is 574 g/mol. The van der Waals surface area contributed by atoms with E-state index in [1.807, 2.05) is 6.07 Å². The minimum absolute atomic E-state index is 0.0497. The maximum absolute atomic E-state index is 13.8. The van der Waals surface area contributed by atoms with Crippen LogP contribution in [0.5, 0.6) is 5.75 Å². The maximum Gasteiger partial charge on any atom is 0.265 e. The molecule has 1 saturated heterocycles. The second kappa shape index (κ2) is 11.5. The van der Waals surface area contributed by atoms with Crippen LogP contribution in [0.2, 0.25) is 0 Å². The number of anilines is 2. The minimum Gasteiger partial charge on any atom is -0.493 e. The third-order valence-corrected chi connectivity index (χ3v) is 9.81. The zero-order valence-corrected chi connectivity index (χ0v) is 23.6. The molecule has 0 aliphatic carbocycles. The highest BCUT2D eigenvalue weighted by Crippen LogP contribution is 2.38. The van der Waals surface area contributed by atoms with Crippen LogP contribution in [0.25, 0.3) is 0 Å². The van der Waals surface area contributed by atoms with Gasteiger partial charge in [-0.2, -0.15) is 0 Å². The fourth-order valence-corrected chi connectivity index (χ4v) is 7.58. The number of hydrogen-bond acceptors (Lipinski definition) is 6. The van der Waals surface area contributed by atoms with Gasteiger partial charge in [0.1, 0.15) is 11.8 Å². The Hall–Kier alpha value is -3.89. The molecule has 214 valence electrons. The molecule has 2 atom stereocenters. The lowest BCUT2D eigenvalue weighted by Gasteiger charge is -2.37. The number of carbonyl (C=O) groups excluding carboxylic acids is 2. The molecule has 10 heteroatoms. The molecule has 6 rings (SSSR count). The molecule has 0 saturated carbocycles. The van der Waals surface area contributed by atoms with Crippen LogP contribution in [-0.4, -0.2) is 50.9 Å². The number of rotatable bonds is 7. The first-order valence-corrected chi connectivity index (χ1v) is 15.6. The number of sulfonamides is 1. The van der Waals surface area contributed by atoms with Gasteiger partial charge in [0.2, 0.25) is 11.8 Å². The lowest BCUT2D eigenvalue weighted by molar-refractivity contribution is -0.125. The normalized spacial score (nSPS) is 20.8. The average Bonchev–Trinajstić information content (AvgIpc) is 2.98. The Morgan fingerprint density at radius 3 is 2.54 bits per heavy atom. The van der Waals surface area contributed by atoms with Crippen LogP contribution < -0.4 is 19.7 Å². The van der Waals surface area contributed by atoms with Gasteiger partial charge in [0.15, 0.2) is 0 Å². The molecule has 3 aromatic rings. The number of benzene rings is 3. The van der Waals surface area contributed by atoms with Gasteiger partial charge in [-0.15, -0.1) is 0 Å². The smallest absolute Gasteiger partial charge is 0.265 e. The Bertz CT molecular complexity index is 1540. The van der Waals surface area contributed by atoms with Gasteiger partial charge in [-0.3, -0.25) is 18.8 Å². The Morgan fingerprint density at radius 1 is 0.976 bits per heavy atom. The number of ether oxygens (including phenoxy) is 1. The highest BCUT2D eigenvalue weighted by molar-refractivity contribution is 7.93. The number of nitrogens with one attached hydrogen (secondary N) is 2. The number of piperidine rings is 1. The van der Waals surface area contributed by atoms with Crippen molar-refractivity contribution in [2.75, 3.05) is 29.3 Å². The van der Waals surface area contributed by atoms with Crippen molar-refractivity contribution in [2.24, 2.45) is 0 Å². The second-order valence-corrected chi connectivity index (χ2v) is 12.6. The summed E-state index contributed by atoms with van der Waals surface area (Å²) >= 11 is 0. The topological polar surface area (TPSA) is 108 Å². The van der Waals surface area contributed by atoms with E-state index in [9.17, 15) is 18.0 Å². The van der Waals surface area contributed by atoms with Gasteiger partial charge >= 0.3 is 0 Å². The van der Waals surface area contributed by atoms with Gasteiger partial charge in [-0.25, -0.2) is 8.42 Å². The lowest BCUT2D eigenvalue weighted by atomic mass is 9.97. The lowest BCUT2D eigenvalue weighted by Crippen LogP contribution is -2.53. The van der Waals surface area contributed by atoms with Gasteiger partial charge in [-0.05, 0) is 61.8 Å². The largest absolute Gasteiger partial charge is 0.493 e. The number of nitrogens with zero attached hydrogens (tertiary/aromatic N) is 2. The van der Waals surface area contributed by atoms with E-state index >= 15 is 0 Å². The summed E-state index contributed by atoms with van der Waals surface area (Å²) in [5.41, 5.74) is 2.77. The van der Waals surface area contributed by atoms with Gasteiger partial charge in [0.05, 0.1) is 35.3 Å². The van der Waals surface area contributed by atoms with Crippen molar-refractivity contribution in [2.45, 2.75) is 55.6 Å². The number of fused-ring (bicyclic) bond motifs is 2. The van der Waals surface area contributed by atoms with E-state index in [2.05, 4.69) is 27.7 Å². The number of para-hydroxylation sites is 2. The molecule has 2 N–H and O–H groups in total. The summed E-state index contributed by atoms with van der Waals surface area (Å²) in [6.45, 7) is 3.54. The molecular weight excluding hydrogens is 540 g/mol. The third-order valence-electron chi connectivity index (χ3n) is 7.97. The highest BCUT2D eigenvalue weighted by atomic mass is 32.2. The van der Waals surface area contributed by atoms with E-state index in [1.165, 1.54) is 37.0 Å². The number of hydrogen-bond donors (Lipinski definition) is 2. The fraction of sp³-hybridized carbons (Fsp3) is 0.355. The summed E-state index contributed by atoms with van der Waals surface area (Å²) in [7, 11) is -4.13. The summed E-state index contributed by atoms with van der Waals surface area (Å²) < 4.78 is 34.7. The van der Waals surface area contributed by atoms with Gasteiger partial charge in [0, 0.05) is 18.5 Å². The number of likely N-dealkylation sites (tertiary alicyclic amines) is 1. The molecule has 0 unspecified atom stereocenters. The van der Waals surface area contributed by atoms with E-state index in [1.54, 1.807) is 42.5 Å². The van der Waals surface area contributed by atoms with Gasteiger partial charge < -0.3 is 15.4 Å². The zero-order chi connectivity index (χ0) is 28.4. The highest BCUT2D eigenvalue weighted by Gasteiger charge is 2.42. The Balaban J connectivity index is 1.22. The van der Waals surface area contributed by atoms with Crippen molar-refractivity contribution < 1.29 is 22.7 Å². The minimum atomic E-state index is -4.13. The molecule has 9 nitrogen and oxygen atoms in total. The number of amides is 2. The predicted octanol–water partition coefficient (Wildman–Crippen LogP) is 4.22. The van der Waals surface area contributed by atoms with E-state index in [0.29, 0.717) is 24.4 Å². The van der Waals surface area contributed by atoms with E-state index in [4.69, 9.17) is 4.74 Å². The Morgan fingerprint density at radius 2 is 1.73 bits per heavy atom. The van der Waals surface area contributed by atoms with Crippen molar-refractivity contribution in [1.82, 2.24) is 10.2 Å². The van der Waals surface area contributed by atoms with Crippen molar-refractivity contribution >= 4 is 33.2 Å². The van der Waals surface area contributed by atoms with Gasteiger partial charge in [0.25, 0.3) is 10.0 Å². The van der Waals surface area contributed by atoms with E-state index in [0.717, 1.165) is 35.3 Å². The molecule has 3 aliphatic rings. The molecule has 41 heavy (non-hydrogen) atoms. The molecule has 0 spiro atoms. The molecule has 0 bridgehead atoms. The van der Waals surface area contributed by atoms with E-state index < -0.39 is 27.9 Å². The van der Waals surface area contributed by atoms with Crippen molar-refractivity contribution in [3.8, 4) is 5.75 Å². The van der Waals surface area contributed by atoms with Crippen LogP contribution in [0, 0.1) is 0 Å². The fourth-order valence-electron chi connectivity index (χ4n) is 5.93. The molecule has 3 heterocycles. The van der Waals surface area contributed by atoms with Crippen LogP contribution >= 0.6 is 0 Å². The second-order valence-electron chi connectivity index (χ2n) is 10.8. The number of carbonyl (C=O) groups is 2. The first kappa shape index (κ1) is 27.3. The predicted molar refractivity (Wildman–Crippen MR) is 156 cm³/mol. The molecule has 3 aliphatic heterocycles. The Labute approximate surface area is 240 Å². The summed E-state index contributed by atoms with van der Waals surface area (Å²) in [4.78, 5) is 29.2.